The van der Waals surface area contributed by atoms with E-state index >= 15 is 0 Å². The molecule has 2 aromatic rings. The van der Waals surface area contributed by atoms with Crippen LogP contribution in [0.25, 0.3) is 0 Å². The summed E-state index contributed by atoms with van der Waals surface area (Å²) in [5, 5.41) is 6.12. The van der Waals surface area contributed by atoms with E-state index in [-0.39, 0.29) is 12.0 Å². The van der Waals surface area contributed by atoms with E-state index in [1.54, 1.807) is 6.20 Å². The van der Waals surface area contributed by atoms with Gasteiger partial charge in [0.05, 0.1) is 24.2 Å². The third-order valence-corrected chi connectivity index (χ3v) is 3.62. The van der Waals surface area contributed by atoms with Gasteiger partial charge in [-0.2, -0.15) is 0 Å². The van der Waals surface area contributed by atoms with Crippen LogP contribution in [0.5, 0.6) is 0 Å². The molecular weight excluding hydrogens is 278 g/mol. The van der Waals surface area contributed by atoms with Crippen molar-refractivity contribution in [3.63, 3.8) is 0 Å². The first-order valence-corrected chi connectivity index (χ1v) is 7.39. The number of ether oxygens (including phenoxy) is 1. The summed E-state index contributed by atoms with van der Waals surface area (Å²) in [5.74, 6) is -0.134. The molecule has 0 aliphatic carbocycles. The van der Waals surface area contributed by atoms with E-state index in [1.807, 2.05) is 43.3 Å². The molecule has 1 saturated heterocycles. The maximum absolute atomic E-state index is 12.1. The molecule has 0 radical (unpaired) electrons. The molecule has 5 heteroatoms. The quantitative estimate of drug-likeness (QED) is 0.912. The van der Waals surface area contributed by atoms with Crippen LogP contribution in [0.4, 0.5) is 5.69 Å². The summed E-state index contributed by atoms with van der Waals surface area (Å²) in [6.07, 6.45) is 1.65. The first kappa shape index (κ1) is 14.7. The van der Waals surface area contributed by atoms with Crippen LogP contribution in [0.1, 0.15) is 27.7 Å². The molecule has 2 heterocycles. The highest BCUT2D eigenvalue weighted by Crippen LogP contribution is 2.18. The Labute approximate surface area is 129 Å². The van der Waals surface area contributed by atoms with Crippen molar-refractivity contribution in [3.8, 4) is 0 Å². The number of nitrogens with zero attached hydrogens (tertiary/aromatic N) is 1. The van der Waals surface area contributed by atoms with E-state index in [2.05, 4.69) is 15.6 Å². The van der Waals surface area contributed by atoms with Crippen molar-refractivity contribution in [2.24, 2.45) is 0 Å². The molecule has 22 heavy (non-hydrogen) atoms. The lowest BCUT2D eigenvalue weighted by atomic mass is 10.1. The van der Waals surface area contributed by atoms with Crippen molar-refractivity contribution >= 4 is 11.6 Å². The Kier molecular flexibility index (Phi) is 4.46. The van der Waals surface area contributed by atoms with E-state index in [0.29, 0.717) is 17.9 Å². The van der Waals surface area contributed by atoms with Crippen molar-refractivity contribution in [2.45, 2.75) is 13.0 Å². The van der Waals surface area contributed by atoms with Crippen LogP contribution in [-0.2, 0) is 4.74 Å². The number of rotatable bonds is 3. The van der Waals surface area contributed by atoms with Gasteiger partial charge in [0.15, 0.2) is 0 Å². The fourth-order valence-electron chi connectivity index (χ4n) is 2.33. The average Bonchev–Trinajstić information content (AvgIpc) is 2.57. The Morgan fingerprint density at radius 1 is 1.27 bits per heavy atom. The SMILES string of the molecule is Cc1ccc(C(=O)Nc2ccc(C3CNCCO3)nc2)cc1. The molecular formula is C17H19N3O2. The topological polar surface area (TPSA) is 63.2 Å². The number of benzene rings is 1. The summed E-state index contributed by atoms with van der Waals surface area (Å²) >= 11 is 0. The standard InChI is InChI=1S/C17H19N3O2/c1-12-2-4-13(5-3-12)17(21)20-14-6-7-15(19-10-14)16-11-18-8-9-22-16/h2-7,10,16,18H,8-9,11H2,1H3,(H,20,21). The monoisotopic (exact) mass is 297 g/mol. The van der Waals surface area contributed by atoms with Crippen LogP contribution in [-0.4, -0.2) is 30.6 Å². The van der Waals surface area contributed by atoms with E-state index < -0.39 is 0 Å². The number of morpholine rings is 1. The zero-order valence-electron chi connectivity index (χ0n) is 12.5. The van der Waals surface area contributed by atoms with Gasteiger partial charge in [0, 0.05) is 18.7 Å². The Hall–Kier alpha value is -2.24. The molecule has 2 N–H and O–H groups in total. The van der Waals surface area contributed by atoms with Gasteiger partial charge in [-0.15, -0.1) is 0 Å². The number of hydrogen-bond donors (Lipinski definition) is 2. The number of amides is 1. The van der Waals surface area contributed by atoms with E-state index in [0.717, 1.165) is 24.3 Å². The molecule has 1 aliphatic rings. The highest BCUT2D eigenvalue weighted by Gasteiger charge is 2.16. The van der Waals surface area contributed by atoms with Crippen molar-refractivity contribution in [1.29, 1.82) is 0 Å². The average molecular weight is 297 g/mol. The summed E-state index contributed by atoms with van der Waals surface area (Å²) in [4.78, 5) is 16.5. The minimum atomic E-state index is -0.134. The van der Waals surface area contributed by atoms with Crippen LogP contribution < -0.4 is 10.6 Å². The number of aromatic nitrogens is 1. The second-order valence-electron chi connectivity index (χ2n) is 5.36. The summed E-state index contributed by atoms with van der Waals surface area (Å²) in [6, 6.07) is 11.2. The number of pyridine rings is 1. The number of nitrogens with one attached hydrogen (secondary N) is 2. The van der Waals surface area contributed by atoms with E-state index in [9.17, 15) is 4.79 Å². The van der Waals surface area contributed by atoms with Gasteiger partial charge in [-0.1, -0.05) is 17.7 Å². The predicted octanol–water partition coefficient (Wildman–Crippen LogP) is 2.30. The minimum Gasteiger partial charge on any atom is -0.369 e. The van der Waals surface area contributed by atoms with Crippen molar-refractivity contribution in [1.82, 2.24) is 10.3 Å². The third-order valence-electron chi connectivity index (χ3n) is 3.62. The lowest BCUT2D eigenvalue weighted by Crippen LogP contribution is -2.33. The molecule has 5 nitrogen and oxygen atoms in total. The molecule has 1 aromatic heterocycles. The van der Waals surface area contributed by atoms with Gasteiger partial charge in [0.1, 0.15) is 6.10 Å². The third kappa shape index (κ3) is 3.50. The summed E-state index contributed by atoms with van der Waals surface area (Å²) in [7, 11) is 0. The molecule has 0 bridgehead atoms. The van der Waals surface area contributed by atoms with Crippen LogP contribution in [0.15, 0.2) is 42.6 Å². The smallest absolute Gasteiger partial charge is 0.255 e. The second-order valence-corrected chi connectivity index (χ2v) is 5.36. The van der Waals surface area contributed by atoms with Gasteiger partial charge in [0.2, 0.25) is 0 Å². The number of anilines is 1. The molecule has 1 fully saturated rings. The van der Waals surface area contributed by atoms with E-state index in [1.165, 1.54) is 0 Å². The molecule has 1 aliphatic heterocycles. The fourth-order valence-corrected chi connectivity index (χ4v) is 2.33. The lowest BCUT2D eigenvalue weighted by Gasteiger charge is -2.23. The first-order chi connectivity index (χ1) is 10.7. The van der Waals surface area contributed by atoms with Gasteiger partial charge in [-0.3, -0.25) is 9.78 Å². The number of carbonyl (C=O) groups excluding carboxylic acids is 1. The largest absolute Gasteiger partial charge is 0.369 e. The second kappa shape index (κ2) is 6.68. The highest BCUT2D eigenvalue weighted by atomic mass is 16.5. The molecule has 1 unspecified atom stereocenters. The van der Waals surface area contributed by atoms with Crippen LogP contribution >= 0.6 is 0 Å². The summed E-state index contributed by atoms with van der Waals surface area (Å²) in [5.41, 5.74) is 3.32. The molecule has 1 atom stereocenters. The zero-order valence-corrected chi connectivity index (χ0v) is 12.5. The van der Waals surface area contributed by atoms with Crippen LogP contribution in [0.2, 0.25) is 0 Å². The van der Waals surface area contributed by atoms with Crippen molar-refractivity contribution < 1.29 is 9.53 Å². The Balaban J connectivity index is 1.65. The lowest BCUT2D eigenvalue weighted by molar-refractivity contribution is 0.0250. The van der Waals surface area contributed by atoms with Crippen LogP contribution in [0, 0.1) is 6.92 Å². The maximum atomic E-state index is 12.1. The van der Waals surface area contributed by atoms with Gasteiger partial charge in [-0.05, 0) is 31.2 Å². The summed E-state index contributed by atoms with van der Waals surface area (Å²) in [6.45, 7) is 4.33. The maximum Gasteiger partial charge on any atom is 0.255 e. The fraction of sp³-hybridized carbons (Fsp3) is 0.294. The minimum absolute atomic E-state index is 0.0180. The summed E-state index contributed by atoms with van der Waals surface area (Å²) < 4.78 is 5.65. The highest BCUT2D eigenvalue weighted by molar-refractivity contribution is 6.04. The number of aryl methyl sites for hydroxylation is 1. The van der Waals surface area contributed by atoms with Gasteiger partial charge >= 0.3 is 0 Å². The Morgan fingerprint density at radius 2 is 2.09 bits per heavy atom. The molecule has 0 saturated carbocycles. The van der Waals surface area contributed by atoms with Gasteiger partial charge in [0.25, 0.3) is 5.91 Å². The van der Waals surface area contributed by atoms with E-state index in [4.69, 9.17) is 4.74 Å². The van der Waals surface area contributed by atoms with Crippen LogP contribution in [0.3, 0.4) is 0 Å². The number of hydrogen-bond acceptors (Lipinski definition) is 4. The molecule has 1 amide bonds. The van der Waals surface area contributed by atoms with Crippen molar-refractivity contribution in [2.75, 3.05) is 25.0 Å². The molecule has 0 spiro atoms. The van der Waals surface area contributed by atoms with Gasteiger partial charge in [-0.25, -0.2) is 0 Å². The predicted molar refractivity (Wildman–Crippen MR) is 84.9 cm³/mol. The number of carbonyl (C=O) groups is 1. The zero-order chi connectivity index (χ0) is 15.4. The molecule has 114 valence electrons. The van der Waals surface area contributed by atoms with Crippen molar-refractivity contribution in [3.05, 3.63) is 59.4 Å². The Morgan fingerprint density at radius 3 is 2.73 bits per heavy atom. The molecule has 3 rings (SSSR count). The van der Waals surface area contributed by atoms with Gasteiger partial charge < -0.3 is 15.4 Å². The first-order valence-electron chi connectivity index (χ1n) is 7.39. The normalized spacial score (nSPS) is 18.0. The Bertz CT molecular complexity index is 632. The molecule has 1 aromatic carbocycles.